The fourth-order valence-electron chi connectivity index (χ4n) is 6.34. The average molecular weight is 311 g/mol. The van der Waals surface area contributed by atoms with E-state index in [1.54, 1.807) is 6.92 Å². The normalized spacial score (nSPS) is 36.0. The number of benzene rings is 1. The highest BCUT2D eigenvalue weighted by atomic mass is 16.1. The minimum Gasteiger partial charge on any atom is -0.353 e. The fourth-order valence-corrected chi connectivity index (χ4v) is 6.34. The Bertz CT molecular complexity index is 529. The standard InChI is InChI=1S/C21H29NO/c1-15(23)22-20(8-7-16-5-3-2-4-6-16)21-12-17-9-18(13-21)11-19(10-17)14-21/h2-6,17-20H,7-14H2,1H3,(H,22,23). The zero-order valence-corrected chi connectivity index (χ0v) is 14.3. The Morgan fingerprint density at radius 3 is 2.17 bits per heavy atom. The fraction of sp³-hybridized carbons (Fsp3) is 0.667. The molecule has 1 atom stereocenters. The third-order valence-electron chi connectivity index (χ3n) is 6.77. The lowest BCUT2D eigenvalue weighted by molar-refractivity contribution is -0.124. The maximum absolute atomic E-state index is 11.8. The van der Waals surface area contributed by atoms with Crippen LogP contribution in [0.4, 0.5) is 0 Å². The number of rotatable bonds is 5. The van der Waals surface area contributed by atoms with Crippen molar-refractivity contribution in [2.75, 3.05) is 0 Å². The summed E-state index contributed by atoms with van der Waals surface area (Å²) in [4.78, 5) is 11.8. The molecule has 4 saturated carbocycles. The molecule has 0 saturated heterocycles. The number of carbonyl (C=O) groups excluding carboxylic acids is 1. The van der Waals surface area contributed by atoms with Gasteiger partial charge in [-0.05, 0) is 80.1 Å². The van der Waals surface area contributed by atoms with Gasteiger partial charge >= 0.3 is 0 Å². The topological polar surface area (TPSA) is 29.1 Å². The molecule has 0 heterocycles. The average Bonchev–Trinajstić information content (AvgIpc) is 2.50. The molecule has 0 radical (unpaired) electrons. The van der Waals surface area contributed by atoms with Gasteiger partial charge in [-0.3, -0.25) is 4.79 Å². The van der Waals surface area contributed by atoms with Crippen molar-refractivity contribution in [3.8, 4) is 0 Å². The van der Waals surface area contributed by atoms with E-state index in [9.17, 15) is 4.79 Å². The number of aryl methyl sites for hydroxylation is 1. The van der Waals surface area contributed by atoms with Crippen LogP contribution in [-0.2, 0) is 11.2 Å². The van der Waals surface area contributed by atoms with Crippen molar-refractivity contribution in [2.45, 2.75) is 64.3 Å². The van der Waals surface area contributed by atoms with Crippen LogP contribution in [0.5, 0.6) is 0 Å². The number of nitrogens with one attached hydrogen (secondary N) is 1. The van der Waals surface area contributed by atoms with Gasteiger partial charge in [-0.25, -0.2) is 0 Å². The first-order valence-corrected chi connectivity index (χ1v) is 9.44. The predicted octanol–water partition coefficient (Wildman–Crippen LogP) is 4.34. The molecule has 1 aromatic carbocycles. The van der Waals surface area contributed by atoms with E-state index in [1.807, 2.05) is 0 Å². The lowest BCUT2D eigenvalue weighted by atomic mass is 9.47. The van der Waals surface area contributed by atoms with Gasteiger partial charge in [0, 0.05) is 13.0 Å². The zero-order valence-electron chi connectivity index (χ0n) is 14.3. The monoisotopic (exact) mass is 311 g/mol. The summed E-state index contributed by atoms with van der Waals surface area (Å²) in [7, 11) is 0. The molecule has 1 N–H and O–H groups in total. The van der Waals surface area contributed by atoms with E-state index in [0.29, 0.717) is 11.5 Å². The van der Waals surface area contributed by atoms with Crippen molar-refractivity contribution in [2.24, 2.45) is 23.2 Å². The van der Waals surface area contributed by atoms with E-state index in [1.165, 1.54) is 44.1 Å². The largest absolute Gasteiger partial charge is 0.353 e. The number of carbonyl (C=O) groups is 1. The van der Waals surface area contributed by atoms with Crippen molar-refractivity contribution in [1.29, 1.82) is 0 Å². The maximum Gasteiger partial charge on any atom is 0.217 e. The molecule has 0 aromatic heterocycles. The maximum atomic E-state index is 11.8. The molecule has 124 valence electrons. The van der Waals surface area contributed by atoms with E-state index >= 15 is 0 Å². The number of hydrogen-bond acceptors (Lipinski definition) is 1. The van der Waals surface area contributed by atoms with Gasteiger partial charge in [0.05, 0.1) is 0 Å². The van der Waals surface area contributed by atoms with E-state index in [-0.39, 0.29) is 5.91 Å². The van der Waals surface area contributed by atoms with Gasteiger partial charge in [-0.2, -0.15) is 0 Å². The summed E-state index contributed by atoms with van der Waals surface area (Å²) in [6.45, 7) is 1.69. The summed E-state index contributed by atoms with van der Waals surface area (Å²) in [5.41, 5.74) is 1.79. The molecule has 1 unspecified atom stereocenters. The quantitative estimate of drug-likeness (QED) is 0.861. The third-order valence-corrected chi connectivity index (χ3v) is 6.77. The summed E-state index contributed by atoms with van der Waals surface area (Å²) < 4.78 is 0. The van der Waals surface area contributed by atoms with Gasteiger partial charge in [-0.15, -0.1) is 0 Å². The Morgan fingerprint density at radius 2 is 1.65 bits per heavy atom. The molecular formula is C21H29NO. The molecule has 23 heavy (non-hydrogen) atoms. The van der Waals surface area contributed by atoms with Gasteiger partial charge < -0.3 is 5.32 Å². The van der Waals surface area contributed by atoms with Crippen LogP contribution < -0.4 is 5.32 Å². The van der Waals surface area contributed by atoms with E-state index in [4.69, 9.17) is 0 Å². The SMILES string of the molecule is CC(=O)NC(CCc1ccccc1)C12CC3CC(CC(C3)C1)C2. The van der Waals surface area contributed by atoms with Crippen LogP contribution >= 0.6 is 0 Å². The lowest BCUT2D eigenvalue weighted by Gasteiger charge is -2.59. The molecule has 4 aliphatic carbocycles. The first kappa shape index (κ1) is 15.2. The Balaban J connectivity index is 1.52. The van der Waals surface area contributed by atoms with Crippen molar-refractivity contribution < 1.29 is 4.79 Å². The lowest BCUT2D eigenvalue weighted by Crippen LogP contribution is -2.56. The van der Waals surface area contributed by atoms with Crippen LogP contribution in [-0.4, -0.2) is 11.9 Å². The second kappa shape index (κ2) is 5.96. The van der Waals surface area contributed by atoms with Gasteiger partial charge in [0.15, 0.2) is 0 Å². The van der Waals surface area contributed by atoms with E-state index < -0.39 is 0 Å². The first-order chi connectivity index (χ1) is 11.1. The van der Waals surface area contributed by atoms with Crippen LogP contribution in [0.1, 0.15) is 57.4 Å². The van der Waals surface area contributed by atoms with E-state index in [2.05, 4.69) is 35.6 Å². The molecule has 0 spiro atoms. The molecule has 4 aliphatic rings. The second-order valence-electron chi connectivity index (χ2n) is 8.56. The summed E-state index contributed by atoms with van der Waals surface area (Å²) in [6, 6.07) is 11.1. The zero-order chi connectivity index (χ0) is 15.9. The Labute approximate surface area is 140 Å². The molecule has 4 fully saturated rings. The molecule has 4 bridgehead atoms. The van der Waals surface area contributed by atoms with Crippen LogP contribution in [0.25, 0.3) is 0 Å². The second-order valence-corrected chi connectivity index (χ2v) is 8.56. The summed E-state index contributed by atoms with van der Waals surface area (Å²) in [5, 5.41) is 3.37. The smallest absolute Gasteiger partial charge is 0.217 e. The summed E-state index contributed by atoms with van der Waals surface area (Å²) >= 11 is 0. The van der Waals surface area contributed by atoms with Crippen LogP contribution in [0.15, 0.2) is 30.3 Å². The van der Waals surface area contributed by atoms with Crippen LogP contribution in [0.3, 0.4) is 0 Å². The number of hydrogen-bond donors (Lipinski definition) is 1. The van der Waals surface area contributed by atoms with Crippen LogP contribution in [0.2, 0.25) is 0 Å². The van der Waals surface area contributed by atoms with Gasteiger partial charge in [-0.1, -0.05) is 30.3 Å². The van der Waals surface area contributed by atoms with Gasteiger partial charge in [0.25, 0.3) is 0 Å². The molecule has 0 aliphatic heterocycles. The number of amides is 1. The molecule has 1 amide bonds. The van der Waals surface area contributed by atoms with Gasteiger partial charge in [0.2, 0.25) is 5.91 Å². The minimum absolute atomic E-state index is 0.152. The summed E-state index contributed by atoms with van der Waals surface area (Å²) in [6.07, 6.45) is 10.6. The molecule has 2 heteroatoms. The van der Waals surface area contributed by atoms with Crippen molar-refractivity contribution in [1.82, 2.24) is 5.32 Å². The highest BCUT2D eigenvalue weighted by Crippen LogP contribution is 2.61. The minimum atomic E-state index is 0.152. The van der Waals surface area contributed by atoms with E-state index in [0.717, 1.165) is 30.6 Å². The summed E-state index contributed by atoms with van der Waals surface area (Å²) in [5.74, 6) is 2.97. The first-order valence-electron chi connectivity index (χ1n) is 9.44. The third kappa shape index (κ3) is 3.05. The molecular weight excluding hydrogens is 282 g/mol. The Morgan fingerprint density at radius 1 is 1.09 bits per heavy atom. The highest BCUT2D eigenvalue weighted by Gasteiger charge is 2.54. The Kier molecular flexibility index (Phi) is 3.95. The van der Waals surface area contributed by atoms with Gasteiger partial charge in [0.1, 0.15) is 0 Å². The Hall–Kier alpha value is -1.31. The molecule has 5 rings (SSSR count). The molecule has 2 nitrogen and oxygen atoms in total. The molecule has 1 aromatic rings. The van der Waals surface area contributed by atoms with Crippen molar-refractivity contribution in [3.05, 3.63) is 35.9 Å². The van der Waals surface area contributed by atoms with Crippen molar-refractivity contribution in [3.63, 3.8) is 0 Å². The highest BCUT2D eigenvalue weighted by molar-refractivity contribution is 5.73. The van der Waals surface area contributed by atoms with Crippen molar-refractivity contribution >= 4 is 5.91 Å². The predicted molar refractivity (Wildman–Crippen MR) is 93.0 cm³/mol. The van der Waals surface area contributed by atoms with Crippen LogP contribution in [0, 0.1) is 23.2 Å².